The summed E-state index contributed by atoms with van der Waals surface area (Å²) in [4.78, 5) is 6.86. The summed E-state index contributed by atoms with van der Waals surface area (Å²) in [6.45, 7) is 7.08. The Balaban J connectivity index is 1.31. The first-order chi connectivity index (χ1) is 14.2. The summed E-state index contributed by atoms with van der Waals surface area (Å²) < 4.78 is 9.18. The van der Waals surface area contributed by atoms with Crippen molar-refractivity contribution in [1.82, 2.24) is 39.5 Å². The van der Waals surface area contributed by atoms with Gasteiger partial charge in [-0.1, -0.05) is 13.8 Å². The van der Waals surface area contributed by atoms with Gasteiger partial charge in [-0.2, -0.15) is 9.61 Å². The molecule has 9 heteroatoms. The third-order valence-corrected chi connectivity index (χ3v) is 5.54. The molecule has 9 nitrogen and oxygen atoms in total. The molecule has 4 aromatic heterocycles. The number of hydrogen-bond acceptors (Lipinski definition) is 7. The van der Waals surface area contributed by atoms with Crippen molar-refractivity contribution in [3.05, 3.63) is 54.3 Å². The molecule has 1 aliphatic rings. The Bertz CT molecular complexity index is 1090. The number of piperidine rings is 1. The van der Waals surface area contributed by atoms with E-state index in [-0.39, 0.29) is 0 Å². The van der Waals surface area contributed by atoms with Crippen LogP contribution in [0.2, 0.25) is 0 Å². The molecule has 0 bridgehead atoms. The van der Waals surface area contributed by atoms with Gasteiger partial charge in [0.1, 0.15) is 5.76 Å². The number of likely N-dealkylation sites (tertiary alicyclic amines) is 1. The second-order valence-electron chi connectivity index (χ2n) is 7.84. The fraction of sp³-hybridized carbons (Fsp3) is 0.450. The van der Waals surface area contributed by atoms with Crippen LogP contribution in [0.4, 0.5) is 0 Å². The van der Waals surface area contributed by atoms with E-state index in [4.69, 9.17) is 9.52 Å². The number of rotatable bonds is 5. The molecule has 0 N–H and O–H groups in total. The lowest BCUT2D eigenvalue weighted by atomic mass is 9.96. The van der Waals surface area contributed by atoms with Crippen molar-refractivity contribution in [3.8, 4) is 5.82 Å². The summed E-state index contributed by atoms with van der Waals surface area (Å²) >= 11 is 0. The lowest BCUT2D eigenvalue weighted by Gasteiger charge is -2.30. The fourth-order valence-electron chi connectivity index (χ4n) is 4.00. The maximum atomic E-state index is 5.56. The van der Waals surface area contributed by atoms with Crippen LogP contribution in [0.3, 0.4) is 0 Å². The van der Waals surface area contributed by atoms with Crippen molar-refractivity contribution in [2.75, 3.05) is 13.1 Å². The van der Waals surface area contributed by atoms with E-state index in [1.165, 1.54) is 0 Å². The molecular weight excluding hydrogens is 368 g/mol. The van der Waals surface area contributed by atoms with E-state index in [1.54, 1.807) is 17.3 Å². The van der Waals surface area contributed by atoms with Gasteiger partial charge in [-0.25, -0.2) is 9.67 Å². The van der Waals surface area contributed by atoms with Gasteiger partial charge in [0.25, 0.3) is 0 Å². The molecule has 150 valence electrons. The maximum absolute atomic E-state index is 5.56. The van der Waals surface area contributed by atoms with Crippen LogP contribution in [0.15, 0.2) is 41.4 Å². The van der Waals surface area contributed by atoms with E-state index in [1.807, 2.05) is 28.9 Å². The summed E-state index contributed by atoms with van der Waals surface area (Å²) in [5, 5.41) is 17.8. The topological polar surface area (TPSA) is 90.2 Å². The van der Waals surface area contributed by atoms with Gasteiger partial charge in [0, 0.05) is 30.8 Å². The average Bonchev–Trinajstić information content (AvgIpc) is 3.48. The molecule has 29 heavy (non-hydrogen) atoms. The lowest BCUT2D eigenvalue weighted by molar-refractivity contribution is 0.197. The van der Waals surface area contributed by atoms with Crippen LogP contribution in [-0.4, -0.2) is 52.6 Å². The molecule has 4 aromatic rings. The van der Waals surface area contributed by atoms with Gasteiger partial charge in [-0.15, -0.1) is 15.3 Å². The van der Waals surface area contributed by atoms with E-state index < -0.39 is 0 Å². The Morgan fingerprint density at radius 3 is 2.79 bits per heavy atom. The average molecular weight is 392 g/mol. The van der Waals surface area contributed by atoms with Crippen LogP contribution in [0.25, 0.3) is 11.5 Å². The molecule has 1 aliphatic heterocycles. The first-order valence-electron chi connectivity index (χ1n) is 10.1. The highest BCUT2D eigenvalue weighted by atomic mass is 16.3. The van der Waals surface area contributed by atoms with Crippen LogP contribution in [0, 0.1) is 0 Å². The van der Waals surface area contributed by atoms with Crippen molar-refractivity contribution in [3.63, 3.8) is 0 Å². The number of nitrogens with zero attached hydrogens (tertiary/aromatic N) is 8. The van der Waals surface area contributed by atoms with Crippen molar-refractivity contribution in [2.24, 2.45) is 0 Å². The number of oxazole rings is 1. The van der Waals surface area contributed by atoms with Gasteiger partial charge in [0.2, 0.25) is 0 Å². The molecule has 0 radical (unpaired) electrons. The third kappa shape index (κ3) is 3.42. The Labute approximate surface area is 168 Å². The molecule has 0 atom stereocenters. The van der Waals surface area contributed by atoms with Crippen LogP contribution in [0.1, 0.15) is 55.8 Å². The standard InChI is InChI=1S/C20H24N8O/c1-14(2)19-16(21-13-29-19)12-26-10-6-15(7-11-26)20-24-23-17-4-5-18(25-28(17)20)27-9-3-8-22-27/h3-5,8-9,13-15H,6-7,10-12H2,1-2H3. The first-order valence-corrected chi connectivity index (χ1v) is 10.1. The summed E-state index contributed by atoms with van der Waals surface area (Å²) in [6.07, 6.45) is 7.22. The summed E-state index contributed by atoms with van der Waals surface area (Å²) in [6, 6.07) is 5.73. The van der Waals surface area contributed by atoms with Crippen molar-refractivity contribution >= 4 is 5.65 Å². The maximum Gasteiger partial charge on any atom is 0.181 e. The Kier molecular flexibility index (Phi) is 4.59. The molecule has 0 aromatic carbocycles. The minimum absolute atomic E-state index is 0.337. The van der Waals surface area contributed by atoms with Crippen LogP contribution < -0.4 is 0 Å². The van der Waals surface area contributed by atoms with Crippen molar-refractivity contribution < 1.29 is 4.42 Å². The smallest absolute Gasteiger partial charge is 0.181 e. The zero-order valence-corrected chi connectivity index (χ0v) is 16.6. The normalized spacial score (nSPS) is 16.2. The predicted molar refractivity (Wildman–Crippen MR) is 106 cm³/mol. The van der Waals surface area contributed by atoms with Crippen molar-refractivity contribution in [1.29, 1.82) is 0 Å². The molecule has 5 heterocycles. The van der Waals surface area contributed by atoms with Crippen LogP contribution in [0.5, 0.6) is 0 Å². The zero-order chi connectivity index (χ0) is 19.8. The predicted octanol–water partition coefficient (Wildman–Crippen LogP) is 2.80. The van der Waals surface area contributed by atoms with E-state index in [0.717, 1.165) is 61.2 Å². The first kappa shape index (κ1) is 18.0. The highest BCUT2D eigenvalue weighted by Crippen LogP contribution is 2.28. The summed E-state index contributed by atoms with van der Waals surface area (Å²) in [5.74, 6) is 3.36. The Morgan fingerprint density at radius 2 is 2.03 bits per heavy atom. The Hall–Kier alpha value is -3.07. The molecule has 0 unspecified atom stereocenters. The molecule has 0 aliphatic carbocycles. The largest absolute Gasteiger partial charge is 0.448 e. The monoisotopic (exact) mass is 392 g/mol. The summed E-state index contributed by atoms with van der Waals surface area (Å²) in [5.41, 5.74) is 1.82. The molecule has 1 saturated heterocycles. The quantitative estimate of drug-likeness (QED) is 0.516. The van der Waals surface area contributed by atoms with Crippen LogP contribution in [-0.2, 0) is 6.54 Å². The van der Waals surface area contributed by atoms with E-state index in [0.29, 0.717) is 11.8 Å². The second-order valence-corrected chi connectivity index (χ2v) is 7.84. The molecule has 1 fully saturated rings. The van der Waals surface area contributed by atoms with Crippen LogP contribution >= 0.6 is 0 Å². The SMILES string of the molecule is CC(C)c1ocnc1CN1CCC(c2nnc3ccc(-n4cccn4)nn23)CC1. The van der Waals surface area contributed by atoms with Crippen molar-refractivity contribution in [2.45, 2.75) is 45.1 Å². The number of aromatic nitrogens is 7. The molecular formula is C20H24N8O. The van der Waals surface area contributed by atoms with Gasteiger partial charge < -0.3 is 4.42 Å². The second kappa shape index (κ2) is 7.40. The Morgan fingerprint density at radius 1 is 1.17 bits per heavy atom. The van der Waals surface area contributed by atoms with Gasteiger partial charge in [0.05, 0.1) is 5.69 Å². The molecule has 0 spiro atoms. The fourth-order valence-corrected chi connectivity index (χ4v) is 4.00. The number of hydrogen-bond donors (Lipinski definition) is 0. The highest BCUT2D eigenvalue weighted by molar-refractivity contribution is 5.39. The zero-order valence-electron chi connectivity index (χ0n) is 16.6. The summed E-state index contributed by atoms with van der Waals surface area (Å²) in [7, 11) is 0. The van der Waals surface area contributed by atoms with Gasteiger partial charge in [-0.3, -0.25) is 4.90 Å². The van der Waals surface area contributed by atoms with E-state index in [9.17, 15) is 0 Å². The molecule has 0 saturated carbocycles. The minimum atomic E-state index is 0.337. The van der Waals surface area contributed by atoms with Gasteiger partial charge >= 0.3 is 0 Å². The third-order valence-electron chi connectivity index (χ3n) is 5.54. The van der Waals surface area contributed by atoms with E-state index >= 15 is 0 Å². The van der Waals surface area contributed by atoms with Gasteiger partial charge in [0.15, 0.2) is 23.7 Å². The van der Waals surface area contributed by atoms with E-state index in [2.05, 4.69) is 39.0 Å². The minimum Gasteiger partial charge on any atom is -0.448 e. The molecule has 0 amide bonds. The lowest BCUT2D eigenvalue weighted by Crippen LogP contribution is -2.33. The highest BCUT2D eigenvalue weighted by Gasteiger charge is 2.26. The van der Waals surface area contributed by atoms with Gasteiger partial charge in [-0.05, 0) is 44.1 Å². The number of fused-ring (bicyclic) bond motifs is 1. The molecule has 5 rings (SSSR count).